The van der Waals surface area contributed by atoms with Gasteiger partial charge in [0, 0.05) is 28.6 Å². The molecule has 2 aromatic carbocycles. The van der Waals surface area contributed by atoms with Gasteiger partial charge in [-0.3, -0.25) is 4.79 Å². The fourth-order valence-corrected chi connectivity index (χ4v) is 3.52. The lowest BCUT2D eigenvalue weighted by Gasteiger charge is -2.17. The standard InChI is InChI=1S/C25H20O7/c1-3-30-25(28)18-7-5-4-6-17(18)24-19-10-8-15(26)12-21(19)32-22-13-16(9-11-20(22)24)31-14-23(27)29-2/h4-13H,3,14H2,1-2H3. The first-order valence-electron chi connectivity index (χ1n) is 9.98. The summed E-state index contributed by atoms with van der Waals surface area (Å²) in [5, 5.41) is 0.707. The van der Waals surface area contributed by atoms with Gasteiger partial charge in [0.05, 0.1) is 19.3 Å². The van der Waals surface area contributed by atoms with Gasteiger partial charge in [-0.25, -0.2) is 9.59 Å². The van der Waals surface area contributed by atoms with Crippen LogP contribution in [0, 0.1) is 0 Å². The number of carbonyl (C=O) groups excluding carboxylic acids is 2. The molecule has 2 aromatic rings. The van der Waals surface area contributed by atoms with Gasteiger partial charge >= 0.3 is 11.9 Å². The smallest absolute Gasteiger partial charge is 0.343 e. The normalized spacial score (nSPS) is 10.8. The average molecular weight is 432 g/mol. The van der Waals surface area contributed by atoms with E-state index < -0.39 is 11.9 Å². The summed E-state index contributed by atoms with van der Waals surface area (Å²) in [6, 6.07) is 16.8. The summed E-state index contributed by atoms with van der Waals surface area (Å²) in [5.74, 6) is -0.193. The number of hydrogen-bond acceptors (Lipinski definition) is 7. The minimum absolute atomic E-state index is 0.205. The Morgan fingerprint density at radius 3 is 2.56 bits per heavy atom. The van der Waals surface area contributed by atoms with Gasteiger partial charge in [-0.2, -0.15) is 0 Å². The Morgan fingerprint density at radius 2 is 1.78 bits per heavy atom. The number of ether oxygens (including phenoxy) is 3. The fraction of sp³-hybridized carbons (Fsp3) is 0.160. The highest BCUT2D eigenvalue weighted by molar-refractivity contribution is 6.07. The Labute approximate surface area is 183 Å². The predicted molar refractivity (Wildman–Crippen MR) is 118 cm³/mol. The molecule has 0 unspecified atom stereocenters. The maximum Gasteiger partial charge on any atom is 0.343 e. The van der Waals surface area contributed by atoms with Crippen molar-refractivity contribution in [3.63, 3.8) is 0 Å². The molecule has 7 heteroatoms. The monoisotopic (exact) mass is 432 g/mol. The van der Waals surface area contributed by atoms with Crippen LogP contribution in [0.3, 0.4) is 0 Å². The molecule has 1 aliphatic carbocycles. The van der Waals surface area contributed by atoms with Gasteiger partial charge in [-0.15, -0.1) is 0 Å². The highest BCUT2D eigenvalue weighted by Gasteiger charge is 2.22. The van der Waals surface area contributed by atoms with Gasteiger partial charge < -0.3 is 18.6 Å². The van der Waals surface area contributed by atoms with Crippen molar-refractivity contribution in [2.24, 2.45) is 0 Å². The minimum atomic E-state index is -0.513. The molecule has 0 radical (unpaired) electrons. The van der Waals surface area contributed by atoms with Crippen LogP contribution in [0.15, 0.2) is 69.9 Å². The van der Waals surface area contributed by atoms with E-state index in [1.54, 1.807) is 43.3 Å². The maximum atomic E-state index is 12.6. The van der Waals surface area contributed by atoms with Crippen molar-refractivity contribution in [1.29, 1.82) is 0 Å². The first-order chi connectivity index (χ1) is 15.5. The Kier molecular flexibility index (Phi) is 5.89. The van der Waals surface area contributed by atoms with Gasteiger partial charge in [0.1, 0.15) is 17.1 Å². The van der Waals surface area contributed by atoms with Crippen LogP contribution in [-0.2, 0) is 14.3 Å². The summed E-state index contributed by atoms with van der Waals surface area (Å²) in [7, 11) is 1.28. The molecule has 0 atom stereocenters. The molecule has 0 amide bonds. The molecule has 7 nitrogen and oxygen atoms in total. The van der Waals surface area contributed by atoms with Gasteiger partial charge in [-0.05, 0) is 42.8 Å². The third-order valence-corrected chi connectivity index (χ3v) is 4.94. The molecule has 1 aliphatic heterocycles. The van der Waals surface area contributed by atoms with E-state index in [0.717, 1.165) is 5.56 Å². The number of methoxy groups -OCH3 is 1. The second kappa shape index (κ2) is 8.93. The Balaban J connectivity index is 1.96. The molecule has 0 saturated heterocycles. The van der Waals surface area contributed by atoms with Crippen LogP contribution in [-0.4, -0.2) is 32.3 Å². The van der Waals surface area contributed by atoms with Crippen LogP contribution >= 0.6 is 0 Å². The molecule has 0 N–H and O–H groups in total. The van der Waals surface area contributed by atoms with Crippen LogP contribution < -0.4 is 10.2 Å². The summed E-state index contributed by atoms with van der Waals surface area (Å²) in [4.78, 5) is 36.0. The predicted octanol–water partition coefficient (Wildman–Crippen LogP) is 4.29. The second-order valence-electron chi connectivity index (χ2n) is 6.92. The lowest BCUT2D eigenvalue weighted by atomic mass is 9.91. The largest absolute Gasteiger partial charge is 0.482 e. The molecule has 4 rings (SSSR count). The lowest BCUT2D eigenvalue weighted by Crippen LogP contribution is -2.12. The van der Waals surface area contributed by atoms with Crippen LogP contribution in [0.1, 0.15) is 17.3 Å². The van der Waals surface area contributed by atoms with E-state index >= 15 is 0 Å². The first-order valence-corrected chi connectivity index (χ1v) is 9.98. The minimum Gasteiger partial charge on any atom is -0.482 e. The van der Waals surface area contributed by atoms with E-state index in [2.05, 4.69) is 4.74 Å². The Hall–Kier alpha value is -4.13. The summed E-state index contributed by atoms with van der Waals surface area (Å²) in [6.07, 6.45) is 0. The van der Waals surface area contributed by atoms with Gasteiger partial charge in [0.15, 0.2) is 12.0 Å². The van der Waals surface area contributed by atoms with Crippen LogP contribution in [0.4, 0.5) is 0 Å². The van der Waals surface area contributed by atoms with Gasteiger partial charge in [0.25, 0.3) is 0 Å². The molecular weight excluding hydrogens is 412 g/mol. The molecule has 162 valence electrons. The van der Waals surface area contributed by atoms with E-state index in [4.69, 9.17) is 13.9 Å². The van der Waals surface area contributed by atoms with Gasteiger partial charge in [0.2, 0.25) is 0 Å². The molecule has 0 spiro atoms. The number of hydrogen-bond donors (Lipinski definition) is 0. The maximum absolute atomic E-state index is 12.6. The fourth-order valence-electron chi connectivity index (χ4n) is 3.52. The summed E-state index contributed by atoms with van der Waals surface area (Å²) in [5.41, 5.74) is 2.68. The Morgan fingerprint density at radius 1 is 0.969 bits per heavy atom. The van der Waals surface area contributed by atoms with Crippen molar-refractivity contribution >= 4 is 22.9 Å². The third kappa shape index (κ3) is 4.05. The summed E-state index contributed by atoms with van der Waals surface area (Å²) in [6.45, 7) is 1.75. The van der Waals surface area contributed by atoms with Crippen LogP contribution in [0.25, 0.3) is 33.4 Å². The molecule has 1 heterocycles. The molecular formula is C25H20O7. The highest BCUT2D eigenvalue weighted by Crippen LogP contribution is 2.42. The average Bonchev–Trinajstić information content (AvgIpc) is 2.80. The zero-order chi connectivity index (χ0) is 22.7. The van der Waals surface area contributed by atoms with Crippen LogP contribution in [0.5, 0.6) is 5.75 Å². The quantitative estimate of drug-likeness (QED) is 0.331. The molecule has 0 aromatic heterocycles. The lowest BCUT2D eigenvalue weighted by molar-refractivity contribution is -0.142. The van der Waals surface area contributed by atoms with Crippen LogP contribution in [0.2, 0.25) is 0 Å². The molecule has 0 bridgehead atoms. The van der Waals surface area contributed by atoms with Crippen molar-refractivity contribution in [3.8, 4) is 28.2 Å². The number of esters is 2. The molecule has 0 fully saturated rings. The topological polar surface area (TPSA) is 92.0 Å². The third-order valence-electron chi connectivity index (χ3n) is 4.94. The van der Waals surface area contributed by atoms with Crippen molar-refractivity contribution in [1.82, 2.24) is 0 Å². The van der Waals surface area contributed by atoms with Crippen molar-refractivity contribution < 1.29 is 28.2 Å². The van der Waals surface area contributed by atoms with Crippen molar-refractivity contribution in [2.45, 2.75) is 6.92 Å². The molecule has 0 saturated carbocycles. The van der Waals surface area contributed by atoms with E-state index in [1.165, 1.54) is 19.2 Å². The SMILES string of the molecule is CCOC(=O)c1ccccc1-c1c2ccc(=O)cc-2oc2cc(OCC(=O)OC)ccc12. The van der Waals surface area contributed by atoms with E-state index in [0.29, 0.717) is 39.2 Å². The number of benzene rings is 3. The highest BCUT2D eigenvalue weighted by atomic mass is 16.6. The van der Waals surface area contributed by atoms with E-state index in [-0.39, 0.29) is 18.6 Å². The zero-order valence-electron chi connectivity index (χ0n) is 17.5. The number of fused-ring (bicyclic) bond motifs is 2. The van der Waals surface area contributed by atoms with E-state index in [9.17, 15) is 14.4 Å². The Bertz CT molecular complexity index is 1340. The first kappa shape index (κ1) is 21.1. The van der Waals surface area contributed by atoms with Gasteiger partial charge in [-0.1, -0.05) is 18.2 Å². The van der Waals surface area contributed by atoms with Crippen molar-refractivity contribution in [2.75, 3.05) is 20.3 Å². The molecule has 2 aliphatic rings. The number of rotatable bonds is 6. The zero-order valence-corrected chi connectivity index (χ0v) is 17.5. The van der Waals surface area contributed by atoms with Crippen molar-refractivity contribution in [3.05, 3.63) is 76.5 Å². The summed E-state index contributed by atoms with van der Waals surface area (Å²) < 4.78 is 21.3. The number of carbonyl (C=O) groups is 2. The summed E-state index contributed by atoms with van der Waals surface area (Å²) >= 11 is 0. The molecule has 32 heavy (non-hydrogen) atoms. The van der Waals surface area contributed by atoms with E-state index in [1.807, 2.05) is 12.1 Å². The second-order valence-corrected chi connectivity index (χ2v) is 6.92.